The molecule has 1 aromatic rings. The fraction of sp³-hybridized carbons (Fsp3) is 0.688. The summed E-state index contributed by atoms with van der Waals surface area (Å²) in [6, 6.07) is 1.95. The number of rotatable bonds is 4. The van der Waals surface area contributed by atoms with Crippen LogP contribution in [0.5, 0.6) is 0 Å². The minimum atomic E-state index is -0.160. The predicted molar refractivity (Wildman–Crippen MR) is 87.0 cm³/mol. The van der Waals surface area contributed by atoms with E-state index in [0.717, 1.165) is 24.0 Å². The first-order valence-electron chi connectivity index (χ1n) is 7.95. The monoisotopic (exact) mass is 322 g/mol. The zero-order chi connectivity index (χ0) is 17.0. The Kier molecular flexibility index (Phi) is 5.63. The van der Waals surface area contributed by atoms with Crippen molar-refractivity contribution in [3.63, 3.8) is 0 Å². The van der Waals surface area contributed by atoms with Gasteiger partial charge in [0.25, 0.3) is 0 Å². The largest absolute Gasteiger partial charge is 0.469 e. The van der Waals surface area contributed by atoms with Crippen LogP contribution in [0.3, 0.4) is 0 Å². The van der Waals surface area contributed by atoms with Gasteiger partial charge in [-0.15, -0.1) is 0 Å². The highest BCUT2D eigenvalue weighted by atomic mass is 16.5. The van der Waals surface area contributed by atoms with Crippen LogP contribution in [0.2, 0.25) is 0 Å². The molecule has 7 heteroatoms. The molecule has 2 heterocycles. The van der Waals surface area contributed by atoms with Crippen LogP contribution in [-0.4, -0.2) is 49.2 Å². The van der Waals surface area contributed by atoms with Crippen molar-refractivity contribution in [2.24, 2.45) is 16.8 Å². The number of aromatic nitrogens is 1. The standard InChI is InChI=1S/C16H26N4O3/c1-10(2)14-6-12(23-19-14)7-18-16(17-4)20-8-11(3)13(9-20)15(21)22-5/h6,10-11,13H,7-9H2,1-5H3,(H,17,18). The molecule has 2 rings (SSSR count). The van der Waals surface area contributed by atoms with Crippen LogP contribution < -0.4 is 5.32 Å². The highest BCUT2D eigenvalue weighted by Gasteiger charge is 2.36. The molecule has 1 saturated heterocycles. The quantitative estimate of drug-likeness (QED) is 0.515. The summed E-state index contributed by atoms with van der Waals surface area (Å²) < 4.78 is 10.2. The van der Waals surface area contributed by atoms with Gasteiger partial charge in [-0.2, -0.15) is 0 Å². The molecule has 1 aliphatic heterocycles. The van der Waals surface area contributed by atoms with Crippen LogP contribution in [0.1, 0.15) is 38.1 Å². The molecule has 1 aliphatic rings. The van der Waals surface area contributed by atoms with Crippen LogP contribution in [0.25, 0.3) is 0 Å². The maximum atomic E-state index is 11.8. The van der Waals surface area contributed by atoms with E-state index < -0.39 is 0 Å². The van der Waals surface area contributed by atoms with Gasteiger partial charge in [0.15, 0.2) is 11.7 Å². The Labute approximate surface area is 137 Å². The van der Waals surface area contributed by atoms with Gasteiger partial charge < -0.3 is 19.5 Å². The number of hydrogen-bond acceptors (Lipinski definition) is 5. The van der Waals surface area contributed by atoms with Gasteiger partial charge >= 0.3 is 5.97 Å². The van der Waals surface area contributed by atoms with Crippen LogP contribution in [0, 0.1) is 11.8 Å². The molecule has 0 amide bonds. The Morgan fingerprint density at radius 3 is 2.87 bits per heavy atom. The molecule has 1 aromatic heterocycles. The minimum Gasteiger partial charge on any atom is -0.469 e. The molecule has 23 heavy (non-hydrogen) atoms. The van der Waals surface area contributed by atoms with E-state index in [0.29, 0.717) is 19.0 Å². The van der Waals surface area contributed by atoms with E-state index in [2.05, 4.69) is 41.1 Å². The molecule has 1 N–H and O–H groups in total. The third kappa shape index (κ3) is 4.03. The van der Waals surface area contributed by atoms with E-state index in [-0.39, 0.29) is 17.8 Å². The predicted octanol–water partition coefficient (Wildman–Crippen LogP) is 1.61. The van der Waals surface area contributed by atoms with Crippen molar-refractivity contribution in [1.29, 1.82) is 0 Å². The van der Waals surface area contributed by atoms with Crippen molar-refractivity contribution in [2.45, 2.75) is 33.2 Å². The second-order valence-corrected chi connectivity index (χ2v) is 6.29. The molecule has 2 unspecified atom stereocenters. The first-order valence-corrected chi connectivity index (χ1v) is 7.95. The number of hydrogen-bond donors (Lipinski definition) is 1. The maximum Gasteiger partial charge on any atom is 0.310 e. The van der Waals surface area contributed by atoms with Crippen LogP contribution in [-0.2, 0) is 16.1 Å². The average Bonchev–Trinajstić information content (AvgIpc) is 3.14. The molecule has 0 saturated carbocycles. The number of nitrogens with one attached hydrogen (secondary N) is 1. The molecule has 0 aliphatic carbocycles. The van der Waals surface area contributed by atoms with Gasteiger partial charge in [0.05, 0.1) is 25.3 Å². The fourth-order valence-electron chi connectivity index (χ4n) is 2.78. The minimum absolute atomic E-state index is 0.114. The Balaban J connectivity index is 1.94. The lowest BCUT2D eigenvalue weighted by atomic mass is 9.99. The van der Waals surface area contributed by atoms with Crippen molar-refractivity contribution in [3.05, 3.63) is 17.5 Å². The summed E-state index contributed by atoms with van der Waals surface area (Å²) in [6.07, 6.45) is 0. The molecular weight excluding hydrogens is 296 g/mol. The molecule has 0 spiro atoms. The van der Waals surface area contributed by atoms with Crippen molar-refractivity contribution in [3.8, 4) is 0 Å². The first-order chi connectivity index (χ1) is 11.0. The van der Waals surface area contributed by atoms with Gasteiger partial charge in [-0.3, -0.25) is 9.79 Å². The van der Waals surface area contributed by atoms with E-state index in [1.807, 2.05) is 6.07 Å². The Hall–Kier alpha value is -2.05. The molecule has 0 radical (unpaired) electrons. The highest BCUT2D eigenvalue weighted by Crippen LogP contribution is 2.24. The average molecular weight is 322 g/mol. The van der Waals surface area contributed by atoms with Crippen molar-refractivity contribution < 1.29 is 14.1 Å². The van der Waals surface area contributed by atoms with E-state index in [9.17, 15) is 4.79 Å². The Morgan fingerprint density at radius 1 is 1.57 bits per heavy atom. The van der Waals surface area contributed by atoms with Crippen molar-refractivity contribution >= 4 is 11.9 Å². The summed E-state index contributed by atoms with van der Waals surface area (Å²) in [5.74, 6) is 1.83. The summed E-state index contributed by atoms with van der Waals surface area (Å²) in [4.78, 5) is 18.2. The lowest BCUT2D eigenvalue weighted by molar-refractivity contribution is -0.145. The number of aliphatic imine (C=N–C) groups is 1. The number of methoxy groups -OCH3 is 1. The number of carbonyl (C=O) groups is 1. The van der Waals surface area contributed by atoms with Crippen molar-refractivity contribution in [2.75, 3.05) is 27.2 Å². The summed E-state index contributed by atoms with van der Waals surface area (Å²) in [6.45, 7) is 8.10. The third-order valence-electron chi connectivity index (χ3n) is 4.22. The van der Waals surface area contributed by atoms with Gasteiger partial charge in [0.1, 0.15) is 0 Å². The molecule has 128 valence electrons. The molecule has 1 fully saturated rings. The summed E-state index contributed by atoms with van der Waals surface area (Å²) in [7, 11) is 3.17. The number of likely N-dealkylation sites (tertiary alicyclic amines) is 1. The lowest BCUT2D eigenvalue weighted by Gasteiger charge is -2.20. The van der Waals surface area contributed by atoms with Crippen LogP contribution in [0.15, 0.2) is 15.6 Å². The molecule has 0 bridgehead atoms. The zero-order valence-corrected chi connectivity index (χ0v) is 14.5. The van der Waals surface area contributed by atoms with Crippen LogP contribution in [0.4, 0.5) is 0 Å². The van der Waals surface area contributed by atoms with Gasteiger partial charge in [-0.05, 0) is 11.8 Å². The maximum absolute atomic E-state index is 11.8. The SMILES string of the molecule is CN=C(NCc1cc(C(C)C)no1)N1CC(C)C(C(=O)OC)C1. The van der Waals surface area contributed by atoms with Crippen LogP contribution >= 0.6 is 0 Å². The molecule has 0 aromatic carbocycles. The number of carbonyl (C=O) groups excluding carboxylic acids is 1. The second-order valence-electron chi connectivity index (χ2n) is 6.29. The highest BCUT2D eigenvalue weighted by molar-refractivity contribution is 5.82. The summed E-state index contributed by atoms with van der Waals surface area (Å²) in [5.41, 5.74) is 0.942. The second kappa shape index (κ2) is 7.48. The van der Waals surface area contributed by atoms with E-state index in [1.165, 1.54) is 7.11 Å². The number of ether oxygens (including phenoxy) is 1. The molecule has 7 nitrogen and oxygen atoms in total. The van der Waals surface area contributed by atoms with E-state index in [1.54, 1.807) is 7.05 Å². The summed E-state index contributed by atoms with van der Waals surface area (Å²) in [5, 5.41) is 7.31. The smallest absolute Gasteiger partial charge is 0.310 e. The topological polar surface area (TPSA) is 80.0 Å². The van der Waals surface area contributed by atoms with Gasteiger partial charge in [-0.25, -0.2) is 0 Å². The Morgan fingerprint density at radius 2 is 2.30 bits per heavy atom. The van der Waals surface area contributed by atoms with Gasteiger partial charge in [0, 0.05) is 26.2 Å². The molecular formula is C16H26N4O3. The van der Waals surface area contributed by atoms with E-state index in [4.69, 9.17) is 9.26 Å². The fourth-order valence-corrected chi connectivity index (χ4v) is 2.78. The number of nitrogens with zero attached hydrogens (tertiary/aromatic N) is 3. The van der Waals surface area contributed by atoms with Gasteiger partial charge in [0.2, 0.25) is 0 Å². The zero-order valence-electron chi connectivity index (χ0n) is 14.5. The third-order valence-corrected chi connectivity index (χ3v) is 4.22. The Bertz CT molecular complexity index is 567. The van der Waals surface area contributed by atoms with Crippen molar-refractivity contribution in [1.82, 2.24) is 15.4 Å². The van der Waals surface area contributed by atoms with E-state index >= 15 is 0 Å². The van der Waals surface area contributed by atoms with Gasteiger partial charge in [-0.1, -0.05) is 25.9 Å². The number of esters is 1. The molecule has 2 atom stereocenters. The first kappa shape index (κ1) is 17.3. The lowest BCUT2D eigenvalue weighted by Crippen LogP contribution is -2.40. The number of guanidine groups is 1. The normalized spacial score (nSPS) is 21.8. The summed E-state index contributed by atoms with van der Waals surface area (Å²) >= 11 is 0.